The van der Waals surface area contributed by atoms with E-state index in [1.807, 2.05) is 42.5 Å². The summed E-state index contributed by atoms with van der Waals surface area (Å²) in [5, 5.41) is 10.3. The molecule has 0 saturated heterocycles. The van der Waals surface area contributed by atoms with Crippen molar-refractivity contribution in [2.75, 3.05) is 5.75 Å². The quantitative estimate of drug-likeness (QED) is 0.923. The molecule has 2 aliphatic rings. The average molecular weight is 284 g/mol. The van der Waals surface area contributed by atoms with Crippen LogP contribution in [0.15, 0.2) is 63.4 Å². The molecule has 0 aromatic heterocycles. The summed E-state index contributed by atoms with van der Waals surface area (Å²) < 4.78 is 0. The molecule has 0 fully saturated rings. The molecule has 1 aromatic carbocycles. The van der Waals surface area contributed by atoms with Crippen molar-refractivity contribution in [2.24, 2.45) is 15.2 Å². The van der Waals surface area contributed by atoms with Gasteiger partial charge in [0, 0.05) is 5.75 Å². The van der Waals surface area contributed by atoms with Crippen LogP contribution in [0.2, 0.25) is 0 Å². The van der Waals surface area contributed by atoms with Gasteiger partial charge >= 0.3 is 0 Å². The van der Waals surface area contributed by atoms with Crippen molar-refractivity contribution in [3.05, 3.63) is 53.7 Å². The van der Waals surface area contributed by atoms with E-state index < -0.39 is 0 Å². The van der Waals surface area contributed by atoms with Crippen LogP contribution in [-0.4, -0.2) is 23.0 Å². The molecule has 1 atom stereocenters. The minimum absolute atomic E-state index is 0.162. The smallest absolute Gasteiger partial charge is 0.259 e. The number of rotatable bonds is 4. The van der Waals surface area contributed by atoms with E-state index >= 15 is 0 Å². The second-order valence-electron chi connectivity index (χ2n) is 4.18. The Morgan fingerprint density at radius 2 is 2.15 bits per heavy atom. The van der Waals surface area contributed by atoms with Gasteiger partial charge in [-0.05, 0) is 5.56 Å². The Morgan fingerprint density at radius 3 is 3.00 bits per heavy atom. The van der Waals surface area contributed by atoms with Crippen LogP contribution in [-0.2, 0) is 4.79 Å². The van der Waals surface area contributed by atoms with Crippen LogP contribution in [0, 0.1) is 0 Å². The number of nitrogens with zero attached hydrogens (tertiary/aromatic N) is 3. The molecule has 20 heavy (non-hydrogen) atoms. The van der Waals surface area contributed by atoms with E-state index in [0.29, 0.717) is 11.4 Å². The van der Waals surface area contributed by atoms with Crippen LogP contribution in [0.25, 0.3) is 6.08 Å². The SMILES string of the molecule is O=C1NC(SCC=Cc2ccccc2)N=C2N=NC=C12. The van der Waals surface area contributed by atoms with Gasteiger partial charge in [0.2, 0.25) is 0 Å². The first-order chi connectivity index (χ1) is 9.83. The molecule has 1 N–H and O–H groups in total. The highest BCUT2D eigenvalue weighted by Crippen LogP contribution is 2.20. The highest BCUT2D eigenvalue weighted by Gasteiger charge is 2.28. The van der Waals surface area contributed by atoms with Gasteiger partial charge in [0.15, 0.2) is 11.3 Å². The van der Waals surface area contributed by atoms with Crippen molar-refractivity contribution in [1.29, 1.82) is 0 Å². The molecule has 6 heteroatoms. The van der Waals surface area contributed by atoms with Crippen molar-refractivity contribution in [1.82, 2.24) is 5.32 Å². The van der Waals surface area contributed by atoms with Gasteiger partial charge in [-0.25, -0.2) is 4.99 Å². The number of benzene rings is 1. The van der Waals surface area contributed by atoms with E-state index in [1.54, 1.807) is 0 Å². The maximum absolute atomic E-state index is 11.7. The molecule has 3 rings (SSSR count). The third-order valence-electron chi connectivity index (χ3n) is 2.78. The van der Waals surface area contributed by atoms with Gasteiger partial charge in [-0.1, -0.05) is 42.5 Å². The Balaban J connectivity index is 1.56. The van der Waals surface area contributed by atoms with Crippen LogP contribution in [0.4, 0.5) is 0 Å². The van der Waals surface area contributed by atoms with E-state index in [9.17, 15) is 4.79 Å². The van der Waals surface area contributed by atoms with Gasteiger partial charge in [0.1, 0.15) is 5.57 Å². The van der Waals surface area contributed by atoms with E-state index in [2.05, 4.69) is 20.5 Å². The van der Waals surface area contributed by atoms with E-state index in [-0.39, 0.29) is 11.4 Å². The molecule has 2 aliphatic heterocycles. The number of amides is 1. The highest BCUT2D eigenvalue weighted by molar-refractivity contribution is 8.00. The second kappa shape index (κ2) is 5.83. The summed E-state index contributed by atoms with van der Waals surface area (Å²) in [5.74, 6) is 1.02. The first-order valence-corrected chi connectivity index (χ1v) is 7.21. The Kier molecular flexibility index (Phi) is 3.73. The van der Waals surface area contributed by atoms with E-state index in [1.165, 1.54) is 18.0 Å². The fourth-order valence-corrected chi connectivity index (χ4v) is 2.57. The van der Waals surface area contributed by atoms with Gasteiger partial charge < -0.3 is 5.32 Å². The lowest BCUT2D eigenvalue weighted by atomic mass is 10.2. The third kappa shape index (κ3) is 2.85. The molecule has 1 unspecified atom stereocenters. The number of hydrogen-bond donors (Lipinski definition) is 1. The Morgan fingerprint density at radius 1 is 1.30 bits per heavy atom. The van der Waals surface area contributed by atoms with Gasteiger partial charge in [-0.3, -0.25) is 4.79 Å². The number of azo groups is 1. The molecule has 1 aromatic rings. The summed E-state index contributed by atoms with van der Waals surface area (Å²) in [4.78, 5) is 16.1. The third-order valence-corrected chi connectivity index (χ3v) is 3.70. The zero-order valence-corrected chi connectivity index (χ0v) is 11.4. The van der Waals surface area contributed by atoms with Gasteiger partial charge in [0.25, 0.3) is 5.91 Å². The first kappa shape index (κ1) is 12.8. The fourth-order valence-electron chi connectivity index (χ4n) is 1.82. The summed E-state index contributed by atoms with van der Waals surface area (Å²) in [6.07, 6.45) is 5.53. The summed E-state index contributed by atoms with van der Waals surface area (Å²) in [6.45, 7) is 0. The second-order valence-corrected chi connectivity index (χ2v) is 5.30. The standard InChI is InChI=1S/C14H12N4OS/c19-13-11-9-15-18-12(11)16-14(17-13)20-8-4-7-10-5-2-1-3-6-10/h1-7,9,14H,8H2,(H,17,19). The van der Waals surface area contributed by atoms with E-state index in [4.69, 9.17) is 0 Å². The predicted molar refractivity (Wildman–Crippen MR) is 80.2 cm³/mol. The molecule has 1 amide bonds. The molecule has 0 spiro atoms. The van der Waals surface area contributed by atoms with Gasteiger partial charge in [0.05, 0.1) is 6.20 Å². The van der Waals surface area contributed by atoms with Gasteiger partial charge in [-0.2, -0.15) is 5.11 Å². The normalized spacial score (nSPS) is 20.6. The summed E-state index contributed by atoms with van der Waals surface area (Å²) in [5.41, 5.74) is 1.30. The zero-order valence-electron chi connectivity index (χ0n) is 10.6. The van der Waals surface area contributed by atoms with Crippen LogP contribution < -0.4 is 5.32 Å². The number of amidine groups is 1. The molecule has 0 saturated carbocycles. The number of hydrogen-bond acceptors (Lipinski definition) is 5. The lowest BCUT2D eigenvalue weighted by Crippen LogP contribution is -2.38. The maximum atomic E-state index is 11.7. The minimum atomic E-state index is -0.299. The zero-order chi connectivity index (χ0) is 13.8. The Bertz CT molecular complexity index is 634. The average Bonchev–Trinajstić information content (AvgIpc) is 2.94. The van der Waals surface area contributed by atoms with E-state index in [0.717, 1.165) is 11.3 Å². The number of carbonyl (C=O) groups excluding carboxylic acids is 1. The number of nitrogens with one attached hydrogen (secondary N) is 1. The van der Waals surface area contributed by atoms with Crippen molar-refractivity contribution < 1.29 is 4.79 Å². The van der Waals surface area contributed by atoms with Crippen molar-refractivity contribution in [3.63, 3.8) is 0 Å². The minimum Gasteiger partial charge on any atom is -0.321 e. The Labute approximate surface area is 120 Å². The molecule has 2 heterocycles. The lowest BCUT2D eigenvalue weighted by molar-refractivity contribution is -0.117. The van der Waals surface area contributed by atoms with Crippen LogP contribution >= 0.6 is 11.8 Å². The summed E-state index contributed by atoms with van der Waals surface area (Å²) in [6, 6.07) is 10.1. The predicted octanol–water partition coefficient (Wildman–Crippen LogP) is 2.59. The maximum Gasteiger partial charge on any atom is 0.259 e. The number of fused-ring (bicyclic) bond motifs is 1. The number of aliphatic imine (C=N–C) groups is 1. The Hall–Kier alpha value is -2.21. The fraction of sp³-hybridized carbons (Fsp3) is 0.143. The van der Waals surface area contributed by atoms with Gasteiger partial charge in [-0.15, -0.1) is 16.9 Å². The molecule has 5 nitrogen and oxygen atoms in total. The topological polar surface area (TPSA) is 66.2 Å². The molecular formula is C14H12N4OS. The number of carbonyl (C=O) groups is 1. The van der Waals surface area contributed by atoms with Crippen LogP contribution in [0.5, 0.6) is 0 Å². The molecular weight excluding hydrogens is 272 g/mol. The first-order valence-electron chi connectivity index (χ1n) is 6.16. The summed E-state index contributed by atoms with van der Waals surface area (Å²) in [7, 11) is 0. The molecule has 0 aliphatic carbocycles. The highest BCUT2D eigenvalue weighted by atomic mass is 32.2. The summed E-state index contributed by atoms with van der Waals surface area (Å²) >= 11 is 1.53. The monoisotopic (exact) mass is 284 g/mol. The molecule has 0 bridgehead atoms. The van der Waals surface area contributed by atoms with Crippen molar-refractivity contribution in [2.45, 2.75) is 5.50 Å². The lowest BCUT2D eigenvalue weighted by Gasteiger charge is -2.18. The molecule has 0 radical (unpaired) electrons. The number of thioether (sulfide) groups is 1. The largest absolute Gasteiger partial charge is 0.321 e. The van der Waals surface area contributed by atoms with Crippen LogP contribution in [0.3, 0.4) is 0 Å². The van der Waals surface area contributed by atoms with Crippen LogP contribution in [0.1, 0.15) is 5.56 Å². The van der Waals surface area contributed by atoms with Crippen molar-refractivity contribution in [3.8, 4) is 0 Å². The molecule has 100 valence electrons. The van der Waals surface area contributed by atoms with Crippen molar-refractivity contribution >= 4 is 29.6 Å².